The van der Waals surface area contributed by atoms with E-state index in [4.69, 9.17) is 0 Å². The predicted molar refractivity (Wildman–Crippen MR) is 146 cm³/mol. The minimum absolute atomic E-state index is 0.905. The van der Waals surface area contributed by atoms with Crippen LogP contribution in [0.3, 0.4) is 0 Å². The van der Waals surface area contributed by atoms with Crippen molar-refractivity contribution in [3.63, 3.8) is 0 Å². The lowest BCUT2D eigenvalue weighted by atomic mass is 8.92. The van der Waals surface area contributed by atoms with Gasteiger partial charge in [-0.25, -0.2) is 0 Å². The molecule has 198 valence electrons. The van der Waals surface area contributed by atoms with Crippen LogP contribution in [0.5, 0.6) is 0 Å². The van der Waals surface area contributed by atoms with Crippen molar-refractivity contribution in [1.29, 1.82) is 0 Å². The molecule has 0 nitrogen and oxygen atoms in total. The molecule has 0 aromatic rings. The van der Waals surface area contributed by atoms with Gasteiger partial charge in [0.05, 0.1) is 0 Å². The van der Waals surface area contributed by atoms with Crippen molar-refractivity contribution in [3.8, 4) is 0 Å². The molecular formula is C36H54. The number of hydrogen-bond acceptors (Lipinski definition) is 0. The third-order valence-electron chi connectivity index (χ3n) is 20.0. The highest BCUT2D eigenvalue weighted by Crippen LogP contribution is 3.12. The fourth-order valence-corrected chi connectivity index (χ4v) is 20.2. The zero-order valence-corrected chi connectivity index (χ0v) is 25.4. The molecule has 0 saturated heterocycles. The van der Waals surface area contributed by atoms with Crippen LogP contribution in [0.25, 0.3) is 0 Å². The van der Waals surface area contributed by atoms with Gasteiger partial charge in [0, 0.05) is 0 Å². The first-order valence-electron chi connectivity index (χ1n) is 17.2. The Morgan fingerprint density at radius 1 is 0.278 bits per heavy atom. The van der Waals surface area contributed by atoms with Gasteiger partial charge in [-0.05, 0) is 139 Å². The minimum Gasteiger partial charge on any atom is -0.0683 e. The Hall–Kier alpha value is 0. The molecule has 36 heavy (non-hydrogen) atoms. The fraction of sp³-hybridized carbons (Fsp3) is 1.00. The van der Waals surface area contributed by atoms with Crippen molar-refractivity contribution in [3.05, 3.63) is 0 Å². The fourth-order valence-electron chi connectivity index (χ4n) is 20.2. The lowest BCUT2D eigenvalue weighted by Gasteiger charge is -3.11. The standard InChI is InChI=1S/3C10H12.3C2H6/c1-9-3-6-4(9)8-5(9)7(3)10(6,8)2;1-9-5-3-6-4(5)8(9)10(6,2)7(3)9;1-9-5-3-4-7(5)10(9,2)8(4)6(3)9;3*1-2/h3*3-8H,1-2H3;3*1-2H3. The first kappa shape index (κ1) is 21.8. The molecule has 0 amide bonds. The van der Waals surface area contributed by atoms with Crippen LogP contribution >= 0.6 is 0 Å². The van der Waals surface area contributed by atoms with Gasteiger partial charge in [-0.2, -0.15) is 0 Å². The van der Waals surface area contributed by atoms with Gasteiger partial charge < -0.3 is 0 Å². The summed E-state index contributed by atoms with van der Waals surface area (Å²) in [4.78, 5) is 0. The molecule has 18 rings (SSSR count). The van der Waals surface area contributed by atoms with Crippen molar-refractivity contribution < 1.29 is 0 Å². The maximum Gasteiger partial charge on any atom is -0.0198 e. The van der Waals surface area contributed by atoms with Crippen molar-refractivity contribution >= 4 is 0 Å². The van der Waals surface area contributed by atoms with E-state index in [9.17, 15) is 0 Å². The van der Waals surface area contributed by atoms with Gasteiger partial charge in [0.1, 0.15) is 0 Å². The van der Waals surface area contributed by atoms with E-state index in [0.717, 1.165) is 32.5 Å². The van der Waals surface area contributed by atoms with E-state index in [2.05, 4.69) is 41.5 Å². The molecule has 0 aromatic carbocycles. The Bertz CT molecular complexity index is 975. The molecule has 4 atom stereocenters. The largest absolute Gasteiger partial charge is 0.0683 e. The zero-order chi connectivity index (χ0) is 25.4. The molecule has 0 bridgehead atoms. The third-order valence-corrected chi connectivity index (χ3v) is 20.0. The summed E-state index contributed by atoms with van der Waals surface area (Å²) in [7, 11) is 0. The van der Waals surface area contributed by atoms with Crippen molar-refractivity contribution in [2.24, 2.45) is 139 Å². The summed E-state index contributed by atoms with van der Waals surface area (Å²) in [5, 5.41) is 0. The first-order valence-corrected chi connectivity index (χ1v) is 17.2. The van der Waals surface area contributed by atoms with E-state index in [1.54, 1.807) is 0 Å². The van der Waals surface area contributed by atoms with E-state index in [1.165, 1.54) is 107 Å². The van der Waals surface area contributed by atoms with Crippen molar-refractivity contribution in [1.82, 2.24) is 0 Å². The highest BCUT2D eigenvalue weighted by atomic mass is 15.1. The van der Waals surface area contributed by atoms with Gasteiger partial charge in [0.2, 0.25) is 0 Å². The van der Waals surface area contributed by atoms with Gasteiger partial charge in [-0.15, -0.1) is 0 Å². The highest BCUT2D eigenvalue weighted by Gasteiger charge is 3.08. The molecule has 0 spiro atoms. The third kappa shape index (κ3) is 1.13. The van der Waals surface area contributed by atoms with E-state index >= 15 is 0 Å². The molecule has 18 aliphatic rings. The van der Waals surface area contributed by atoms with Crippen LogP contribution in [0.2, 0.25) is 0 Å². The van der Waals surface area contributed by atoms with Crippen LogP contribution in [0.1, 0.15) is 83.1 Å². The predicted octanol–water partition coefficient (Wildman–Crippen LogP) is 8.37. The second kappa shape index (κ2) is 5.00. The van der Waals surface area contributed by atoms with Gasteiger partial charge in [-0.3, -0.25) is 0 Å². The van der Waals surface area contributed by atoms with Crippen molar-refractivity contribution in [2.75, 3.05) is 0 Å². The van der Waals surface area contributed by atoms with Gasteiger partial charge >= 0.3 is 0 Å². The quantitative estimate of drug-likeness (QED) is 0.322. The Balaban J connectivity index is 0.0000000697. The average molecular weight is 487 g/mol. The highest BCUT2D eigenvalue weighted by molar-refractivity contribution is 5.55. The van der Waals surface area contributed by atoms with Gasteiger partial charge in [0.25, 0.3) is 0 Å². The van der Waals surface area contributed by atoms with Crippen molar-refractivity contribution in [2.45, 2.75) is 83.1 Å². The molecule has 18 aliphatic carbocycles. The summed E-state index contributed by atoms with van der Waals surface area (Å²) < 4.78 is 0. The van der Waals surface area contributed by atoms with E-state index in [1.807, 2.05) is 41.5 Å². The number of hydrogen-bond donors (Lipinski definition) is 0. The normalized spacial score (nSPS) is 87.0. The van der Waals surface area contributed by atoms with Crippen LogP contribution in [0, 0.1) is 139 Å². The van der Waals surface area contributed by atoms with E-state index < -0.39 is 0 Å². The zero-order valence-electron chi connectivity index (χ0n) is 25.4. The monoisotopic (exact) mass is 486 g/mol. The molecule has 18 saturated carbocycles. The molecular weight excluding hydrogens is 432 g/mol. The lowest BCUT2D eigenvalue weighted by molar-refractivity contribution is -0.652. The van der Waals surface area contributed by atoms with Crippen LogP contribution in [-0.4, -0.2) is 0 Å². The summed E-state index contributed by atoms with van der Waals surface area (Å²) in [5.41, 5.74) is 5.55. The lowest BCUT2D eigenvalue weighted by Crippen LogP contribution is -3.08. The summed E-state index contributed by atoms with van der Waals surface area (Å²) in [5.74, 6) is 22.5. The second-order valence-electron chi connectivity index (χ2n) is 17.6. The summed E-state index contributed by atoms with van der Waals surface area (Å²) in [6, 6.07) is 0. The Kier molecular flexibility index (Phi) is 3.02. The topological polar surface area (TPSA) is 0 Å². The van der Waals surface area contributed by atoms with Crippen LogP contribution in [-0.2, 0) is 0 Å². The smallest absolute Gasteiger partial charge is 0.0198 e. The second-order valence-corrected chi connectivity index (χ2v) is 17.6. The first-order chi connectivity index (χ1) is 17.2. The SMILES string of the molecule is CC.CC.CC.CC12C3C4C1C1C2C3C41C.CC12C3C4C5C3C1(C)C5C42.CC12C3C4C5C3C1C5(C)C42. The minimum atomic E-state index is 0.905. The average Bonchev–Trinajstić information content (AvgIpc) is 2.91. The molecule has 0 radical (unpaired) electrons. The molecule has 0 aliphatic heterocycles. The molecule has 0 N–H and O–H groups in total. The summed E-state index contributed by atoms with van der Waals surface area (Å²) >= 11 is 0. The molecule has 4 unspecified atom stereocenters. The maximum absolute atomic E-state index is 2.57. The molecule has 18 fully saturated rings. The van der Waals surface area contributed by atoms with Gasteiger partial charge in [0.15, 0.2) is 0 Å². The van der Waals surface area contributed by atoms with Crippen LogP contribution < -0.4 is 0 Å². The Morgan fingerprint density at radius 2 is 0.528 bits per heavy atom. The maximum atomic E-state index is 2.57. The van der Waals surface area contributed by atoms with E-state index in [0.29, 0.717) is 0 Å². The van der Waals surface area contributed by atoms with Crippen LogP contribution in [0.4, 0.5) is 0 Å². The summed E-state index contributed by atoms with van der Waals surface area (Å²) in [6.07, 6.45) is 0. The van der Waals surface area contributed by atoms with Gasteiger partial charge in [-0.1, -0.05) is 83.1 Å². The van der Waals surface area contributed by atoms with Crippen LogP contribution in [0.15, 0.2) is 0 Å². The molecule has 0 heteroatoms. The Morgan fingerprint density at radius 3 is 0.694 bits per heavy atom. The number of rotatable bonds is 0. The Labute approximate surface area is 221 Å². The molecule has 0 aromatic heterocycles. The molecule has 0 heterocycles. The summed E-state index contributed by atoms with van der Waals surface area (Å²) in [6.45, 7) is 27.4. The van der Waals surface area contributed by atoms with E-state index in [-0.39, 0.29) is 0 Å².